The lowest BCUT2D eigenvalue weighted by Gasteiger charge is -2.10. The Hall–Kier alpha value is -1.49. The van der Waals surface area contributed by atoms with Crippen molar-refractivity contribution in [1.82, 2.24) is 0 Å². The van der Waals surface area contributed by atoms with Gasteiger partial charge in [-0.3, -0.25) is 9.63 Å². The number of hydrogen-bond donors (Lipinski definition) is 1. The fourth-order valence-corrected chi connectivity index (χ4v) is 4.46. The van der Waals surface area contributed by atoms with Gasteiger partial charge in [-0.05, 0) is 49.1 Å². The molecule has 1 aromatic carbocycles. The number of allylic oxidation sites excluding steroid dienone is 1. The Morgan fingerprint density at radius 1 is 1.43 bits per heavy atom. The van der Waals surface area contributed by atoms with Crippen molar-refractivity contribution in [2.45, 2.75) is 45.1 Å². The van der Waals surface area contributed by atoms with Crippen LogP contribution in [0.25, 0.3) is 10.1 Å². The molecule has 122 valence electrons. The average Bonchev–Trinajstić information content (AvgIpc) is 3.12. The molecule has 1 aliphatic carbocycles. The van der Waals surface area contributed by atoms with E-state index in [4.69, 9.17) is 10.7 Å². The van der Waals surface area contributed by atoms with Gasteiger partial charge < -0.3 is 0 Å². The Balaban J connectivity index is 1.61. The van der Waals surface area contributed by atoms with Gasteiger partial charge in [0.15, 0.2) is 0 Å². The molecular weight excluding hydrogens is 306 g/mol. The van der Waals surface area contributed by atoms with Crippen LogP contribution < -0.4 is 5.90 Å². The van der Waals surface area contributed by atoms with Gasteiger partial charge in [0.1, 0.15) is 5.78 Å². The number of Topliss-reactive ketones (excluding diaryl/α,β-unsaturated/α-hetero) is 1. The van der Waals surface area contributed by atoms with Crippen molar-refractivity contribution in [3.8, 4) is 0 Å². The number of ketones is 1. The molecule has 3 rings (SSSR count). The highest BCUT2D eigenvalue weighted by atomic mass is 32.1. The molecule has 0 saturated heterocycles. The summed E-state index contributed by atoms with van der Waals surface area (Å²) in [5, 5.41) is 1.35. The molecule has 0 aliphatic heterocycles. The summed E-state index contributed by atoms with van der Waals surface area (Å²) in [4.78, 5) is 17.8. The summed E-state index contributed by atoms with van der Waals surface area (Å²) in [7, 11) is 0. The van der Waals surface area contributed by atoms with Gasteiger partial charge >= 0.3 is 0 Å². The van der Waals surface area contributed by atoms with Crippen LogP contribution in [0.5, 0.6) is 0 Å². The van der Waals surface area contributed by atoms with Gasteiger partial charge in [0.05, 0.1) is 6.10 Å². The van der Waals surface area contributed by atoms with Gasteiger partial charge in [-0.25, -0.2) is 5.90 Å². The minimum absolute atomic E-state index is 0.0877. The number of thiophene rings is 1. The van der Waals surface area contributed by atoms with E-state index >= 15 is 0 Å². The van der Waals surface area contributed by atoms with E-state index in [-0.39, 0.29) is 6.10 Å². The van der Waals surface area contributed by atoms with Crippen molar-refractivity contribution in [1.29, 1.82) is 0 Å². The van der Waals surface area contributed by atoms with Crippen molar-refractivity contribution in [3.05, 3.63) is 46.9 Å². The molecule has 0 radical (unpaired) electrons. The van der Waals surface area contributed by atoms with E-state index in [1.165, 1.54) is 20.5 Å². The number of carbonyl (C=O) groups is 1. The fourth-order valence-electron chi connectivity index (χ4n) is 3.23. The summed E-state index contributed by atoms with van der Waals surface area (Å²) in [6.07, 6.45) is 8.22. The average molecular weight is 329 g/mol. The number of aryl methyl sites for hydroxylation is 2. The van der Waals surface area contributed by atoms with Crippen LogP contribution >= 0.6 is 11.3 Å². The first kappa shape index (κ1) is 16.4. The normalized spacial score (nSPS) is 19.9. The topological polar surface area (TPSA) is 52.3 Å². The van der Waals surface area contributed by atoms with Gasteiger partial charge in [0, 0.05) is 22.4 Å². The van der Waals surface area contributed by atoms with Crippen molar-refractivity contribution < 1.29 is 9.63 Å². The third kappa shape index (κ3) is 3.89. The standard InChI is InChI=1S/C19H23NO2S/c1-13-17-4-2-3-5-19(17)23-18(13)11-10-16(22-20)9-7-14-6-8-15(21)12-14/h2-5,7,9,14,16H,6,8,10-12,20H2,1H3/b9-7+. The first-order valence-corrected chi connectivity index (χ1v) is 9.01. The zero-order chi connectivity index (χ0) is 16.2. The van der Waals surface area contributed by atoms with Gasteiger partial charge in [-0.2, -0.15) is 0 Å². The van der Waals surface area contributed by atoms with E-state index in [2.05, 4.69) is 37.3 Å². The van der Waals surface area contributed by atoms with Crippen molar-refractivity contribution in [2.24, 2.45) is 11.8 Å². The minimum Gasteiger partial charge on any atom is -0.300 e. The van der Waals surface area contributed by atoms with Crippen molar-refractivity contribution in [2.75, 3.05) is 0 Å². The molecule has 0 spiro atoms. The molecule has 2 aromatic rings. The van der Waals surface area contributed by atoms with E-state index in [1.54, 1.807) is 0 Å². The second-order valence-electron chi connectivity index (χ2n) is 6.29. The van der Waals surface area contributed by atoms with Crippen LogP contribution in [0.2, 0.25) is 0 Å². The van der Waals surface area contributed by atoms with Crippen LogP contribution in [-0.2, 0) is 16.1 Å². The maximum Gasteiger partial charge on any atom is 0.133 e. The second-order valence-corrected chi connectivity index (χ2v) is 7.42. The Morgan fingerprint density at radius 2 is 2.26 bits per heavy atom. The Labute approximate surface area is 141 Å². The van der Waals surface area contributed by atoms with E-state index in [1.807, 2.05) is 17.4 Å². The lowest BCUT2D eigenvalue weighted by Crippen LogP contribution is -2.16. The molecule has 3 nitrogen and oxygen atoms in total. The highest BCUT2D eigenvalue weighted by Gasteiger charge is 2.20. The molecule has 1 saturated carbocycles. The molecule has 0 amide bonds. The highest BCUT2D eigenvalue weighted by molar-refractivity contribution is 7.19. The van der Waals surface area contributed by atoms with Crippen LogP contribution in [0.4, 0.5) is 0 Å². The number of carbonyl (C=O) groups excluding carboxylic acids is 1. The van der Waals surface area contributed by atoms with Gasteiger partial charge in [0.2, 0.25) is 0 Å². The third-order valence-electron chi connectivity index (χ3n) is 4.65. The van der Waals surface area contributed by atoms with Crippen LogP contribution in [0.3, 0.4) is 0 Å². The monoisotopic (exact) mass is 329 g/mol. The van der Waals surface area contributed by atoms with Crippen LogP contribution in [0.1, 0.15) is 36.1 Å². The van der Waals surface area contributed by atoms with Gasteiger partial charge in [-0.15, -0.1) is 11.3 Å². The Kier molecular flexibility index (Phi) is 5.26. The number of nitrogens with two attached hydrogens (primary N) is 1. The predicted octanol–water partition coefficient (Wildman–Crippen LogP) is 4.33. The summed E-state index contributed by atoms with van der Waals surface area (Å²) in [6, 6.07) is 8.52. The van der Waals surface area contributed by atoms with E-state index in [0.29, 0.717) is 24.5 Å². The quantitative estimate of drug-likeness (QED) is 0.634. The molecule has 2 N–H and O–H groups in total. The molecule has 4 heteroatoms. The molecule has 2 atom stereocenters. The molecule has 1 heterocycles. The lowest BCUT2D eigenvalue weighted by molar-refractivity contribution is -0.117. The lowest BCUT2D eigenvalue weighted by atomic mass is 10.0. The summed E-state index contributed by atoms with van der Waals surface area (Å²) in [6.45, 7) is 2.19. The number of benzene rings is 1. The smallest absolute Gasteiger partial charge is 0.133 e. The maximum absolute atomic E-state index is 11.3. The van der Waals surface area contributed by atoms with Crippen LogP contribution in [0.15, 0.2) is 36.4 Å². The van der Waals surface area contributed by atoms with Crippen LogP contribution in [-0.4, -0.2) is 11.9 Å². The molecule has 1 aliphatic rings. The van der Waals surface area contributed by atoms with Gasteiger partial charge in [-0.1, -0.05) is 30.4 Å². The second kappa shape index (κ2) is 7.39. The highest BCUT2D eigenvalue weighted by Crippen LogP contribution is 2.31. The molecule has 2 unspecified atom stereocenters. The molecular formula is C19H23NO2S. The van der Waals surface area contributed by atoms with Crippen molar-refractivity contribution in [3.63, 3.8) is 0 Å². The third-order valence-corrected chi connectivity index (χ3v) is 5.99. The van der Waals surface area contributed by atoms with E-state index in [9.17, 15) is 4.79 Å². The Morgan fingerprint density at radius 3 is 2.96 bits per heavy atom. The first-order valence-electron chi connectivity index (χ1n) is 8.20. The zero-order valence-electron chi connectivity index (χ0n) is 13.5. The number of fused-ring (bicyclic) bond motifs is 1. The molecule has 23 heavy (non-hydrogen) atoms. The summed E-state index contributed by atoms with van der Waals surface area (Å²) < 4.78 is 1.34. The number of hydrogen-bond acceptors (Lipinski definition) is 4. The molecule has 1 fully saturated rings. The van der Waals surface area contributed by atoms with E-state index in [0.717, 1.165) is 19.3 Å². The summed E-state index contributed by atoms with van der Waals surface area (Å²) in [5.74, 6) is 6.18. The van der Waals surface area contributed by atoms with Crippen LogP contribution in [0, 0.1) is 12.8 Å². The molecule has 0 bridgehead atoms. The minimum atomic E-state index is -0.0877. The fraction of sp³-hybridized carbons (Fsp3) is 0.421. The maximum atomic E-state index is 11.3. The summed E-state index contributed by atoms with van der Waals surface area (Å²) >= 11 is 1.85. The predicted molar refractivity (Wildman–Crippen MR) is 95.4 cm³/mol. The van der Waals surface area contributed by atoms with Gasteiger partial charge in [0.25, 0.3) is 0 Å². The molecule has 1 aromatic heterocycles. The number of rotatable bonds is 6. The summed E-state index contributed by atoms with van der Waals surface area (Å²) in [5.41, 5.74) is 1.37. The largest absolute Gasteiger partial charge is 0.300 e. The Bertz CT molecular complexity index is 719. The first-order chi connectivity index (χ1) is 11.2. The van der Waals surface area contributed by atoms with Crippen molar-refractivity contribution >= 4 is 27.2 Å². The zero-order valence-corrected chi connectivity index (χ0v) is 14.3. The van der Waals surface area contributed by atoms with E-state index < -0.39 is 0 Å². The SMILES string of the molecule is Cc1c(CCC(/C=C/C2CCC(=O)C2)ON)sc2ccccc12.